The first kappa shape index (κ1) is 36.7. The lowest BCUT2D eigenvalue weighted by Crippen LogP contribution is -2.14. The third kappa shape index (κ3) is 6.42. The van der Waals surface area contributed by atoms with E-state index in [1.165, 1.54) is 164 Å². The van der Waals surface area contributed by atoms with Crippen LogP contribution in [0.3, 0.4) is 0 Å². The van der Waals surface area contributed by atoms with E-state index in [0.717, 1.165) is 0 Å². The minimum absolute atomic E-state index is 0.548. The van der Waals surface area contributed by atoms with Crippen LogP contribution < -0.4 is 9.80 Å². The molecule has 8 aromatic rings. The molecule has 0 aromatic heterocycles. The molecule has 10 rings (SSSR count). The fraction of sp³-hybridized carbons (Fsp3) is 0.286. The molecule has 0 N–H and O–H groups in total. The van der Waals surface area contributed by atoms with Gasteiger partial charge in [-0.15, -0.1) is 0 Å². The maximum Gasteiger partial charge on any atom is 0.0540 e. The van der Waals surface area contributed by atoms with Crippen molar-refractivity contribution in [3.8, 4) is 0 Å². The fourth-order valence-corrected chi connectivity index (χ4v) is 10.9. The van der Waals surface area contributed by atoms with Crippen LogP contribution in [0.4, 0.5) is 34.1 Å². The highest BCUT2D eigenvalue weighted by atomic mass is 15.2. The smallest absolute Gasteiger partial charge is 0.0540 e. The average molecular weight is 757 g/mol. The minimum atomic E-state index is 0.548. The van der Waals surface area contributed by atoms with E-state index in [2.05, 4.69) is 171 Å². The molecule has 0 unspecified atom stereocenters. The zero-order valence-corrected chi connectivity index (χ0v) is 34.8. The second kappa shape index (κ2) is 15.3. The van der Waals surface area contributed by atoms with Crippen molar-refractivity contribution in [1.82, 2.24) is 0 Å². The number of benzene rings is 8. The highest BCUT2D eigenvalue weighted by Crippen LogP contribution is 2.53. The Morgan fingerprint density at radius 3 is 1.17 bits per heavy atom. The van der Waals surface area contributed by atoms with E-state index in [1.807, 2.05) is 0 Å². The molecule has 0 aliphatic heterocycles. The predicted octanol–water partition coefficient (Wildman–Crippen LogP) is 16.9. The number of nitrogens with zero attached hydrogens (tertiary/aromatic N) is 2. The van der Waals surface area contributed by atoms with E-state index in [-0.39, 0.29) is 0 Å². The Labute approximate surface area is 345 Å². The zero-order chi connectivity index (χ0) is 39.3. The van der Waals surface area contributed by atoms with Crippen molar-refractivity contribution in [2.75, 3.05) is 9.80 Å². The molecule has 0 atom stereocenters. The minimum Gasteiger partial charge on any atom is -0.310 e. The van der Waals surface area contributed by atoms with Crippen LogP contribution in [-0.4, -0.2) is 0 Å². The Balaban J connectivity index is 1.36. The lowest BCUT2D eigenvalue weighted by molar-refractivity contribution is 0.445. The standard InChI is InChI=1S/C56H56N2/c1-37-17-15-25-43(33-37)57(51-27-13-11-19-39(51)3)53-31-29-45-48(42-23-9-6-10-24-42)36-50-54(58(44-26-16-18-38(2)34-44)52-28-14-12-20-40(52)4)32-30-46-47(41-21-7-5-8-22-41)35-49(53)55(45)56(46)50/h11-20,25-36,41-42H,5-10,21-24H2,1-4H3. The van der Waals surface area contributed by atoms with Crippen LogP contribution in [-0.2, 0) is 0 Å². The summed E-state index contributed by atoms with van der Waals surface area (Å²) in [4.78, 5) is 5.12. The van der Waals surface area contributed by atoms with Gasteiger partial charge in [-0.05, 0) is 181 Å². The topological polar surface area (TPSA) is 6.48 Å². The van der Waals surface area contributed by atoms with Crippen molar-refractivity contribution in [3.63, 3.8) is 0 Å². The summed E-state index contributed by atoms with van der Waals surface area (Å²) in [5.41, 5.74) is 15.6. The highest BCUT2D eigenvalue weighted by Gasteiger charge is 2.29. The maximum absolute atomic E-state index is 2.67. The van der Waals surface area contributed by atoms with Gasteiger partial charge in [0.05, 0.1) is 11.4 Å². The number of hydrogen-bond acceptors (Lipinski definition) is 2. The molecule has 0 heterocycles. The van der Waals surface area contributed by atoms with Gasteiger partial charge in [-0.25, -0.2) is 0 Å². The molecule has 2 saturated carbocycles. The van der Waals surface area contributed by atoms with Gasteiger partial charge in [0.1, 0.15) is 0 Å². The maximum atomic E-state index is 2.67. The van der Waals surface area contributed by atoms with Gasteiger partial charge in [0.2, 0.25) is 0 Å². The van der Waals surface area contributed by atoms with Gasteiger partial charge in [0, 0.05) is 33.5 Å². The molecule has 2 aliphatic rings. The van der Waals surface area contributed by atoms with Crippen LogP contribution in [0.2, 0.25) is 0 Å². The molecule has 0 saturated heterocycles. The van der Waals surface area contributed by atoms with Gasteiger partial charge in [-0.2, -0.15) is 0 Å². The highest BCUT2D eigenvalue weighted by molar-refractivity contribution is 6.29. The third-order valence-corrected chi connectivity index (χ3v) is 13.7. The molecule has 0 spiro atoms. The Morgan fingerprint density at radius 2 is 0.776 bits per heavy atom. The molecule has 8 aromatic carbocycles. The van der Waals surface area contributed by atoms with E-state index >= 15 is 0 Å². The van der Waals surface area contributed by atoms with Gasteiger partial charge >= 0.3 is 0 Å². The first-order chi connectivity index (χ1) is 28.4. The first-order valence-corrected chi connectivity index (χ1v) is 22.1. The molecule has 290 valence electrons. The Morgan fingerprint density at radius 1 is 0.362 bits per heavy atom. The molecule has 2 fully saturated rings. The van der Waals surface area contributed by atoms with Gasteiger partial charge < -0.3 is 9.80 Å². The number of hydrogen-bond donors (Lipinski definition) is 0. The quantitative estimate of drug-likeness (QED) is 0.142. The molecule has 58 heavy (non-hydrogen) atoms. The summed E-state index contributed by atoms with van der Waals surface area (Å²) in [6.07, 6.45) is 12.9. The number of anilines is 6. The Hall–Kier alpha value is -5.60. The lowest BCUT2D eigenvalue weighted by atomic mass is 9.76. The predicted molar refractivity (Wildman–Crippen MR) is 250 cm³/mol. The second-order valence-corrected chi connectivity index (χ2v) is 17.6. The summed E-state index contributed by atoms with van der Waals surface area (Å²) in [7, 11) is 0. The molecular formula is C56H56N2. The molecule has 2 heteroatoms. The largest absolute Gasteiger partial charge is 0.310 e. The molecule has 0 radical (unpaired) electrons. The van der Waals surface area contributed by atoms with E-state index in [0.29, 0.717) is 11.8 Å². The van der Waals surface area contributed by atoms with Crippen LogP contribution in [0.5, 0.6) is 0 Å². The van der Waals surface area contributed by atoms with E-state index in [9.17, 15) is 0 Å². The van der Waals surface area contributed by atoms with Gasteiger partial charge in [0.25, 0.3) is 0 Å². The van der Waals surface area contributed by atoms with Gasteiger partial charge in [-0.3, -0.25) is 0 Å². The average Bonchev–Trinajstić information content (AvgIpc) is 3.25. The number of para-hydroxylation sites is 2. The number of aryl methyl sites for hydroxylation is 4. The van der Waals surface area contributed by atoms with Crippen LogP contribution in [0, 0.1) is 27.7 Å². The molecule has 0 bridgehead atoms. The number of rotatable bonds is 8. The van der Waals surface area contributed by atoms with Crippen molar-refractivity contribution in [2.45, 2.75) is 104 Å². The van der Waals surface area contributed by atoms with Crippen molar-refractivity contribution in [3.05, 3.63) is 167 Å². The van der Waals surface area contributed by atoms with Crippen LogP contribution in [0.15, 0.2) is 133 Å². The molecule has 2 nitrogen and oxygen atoms in total. The normalized spacial score (nSPS) is 15.4. The Bertz CT molecular complexity index is 2570. The summed E-state index contributed by atoms with van der Waals surface area (Å²) in [6.45, 7) is 8.97. The second-order valence-electron chi connectivity index (χ2n) is 17.6. The van der Waals surface area contributed by atoms with Crippen LogP contribution in [0.1, 0.15) is 109 Å². The van der Waals surface area contributed by atoms with Crippen LogP contribution in [0.25, 0.3) is 32.3 Å². The first-order valence-electron chi connectivity index (χ1n) is 22.1. The monoisotopic (exact) mass is 756 g/mol. The van der Waals surface area contributed by atoms with E-state index < -0.39 is 0 Å². The van der Waals surface area contributed by atoms with Crippen LogP contribution >= 0.6 is 0 Å². The fourth-order valence-electron chi connectivity index (χ4n) is 10.9. The van der Waals surface area contributed by atoms with Crippen molar-refractivity contribution >= 4 is 66.4 Å². The summed E-state index contributed by atoms with van der Waals surface area (Å²) in [6, 6.07) is 51.4. The van der Waals surface area contributed by atoms with E-state index in [1.54, 1.807) is 0 Å². The van der Waals surface area contributed by atoms with Crippen molar-refractivity contribution in [1.29, 1.82) is 0 Å². The summed E-state index contributed by atoms with van der Waals surface area (Å²) in [5, 5.41) is 8.53. The third-order valence-electron chi connectivity index (χ3n) is 13.7. The zero-order valence-electron chi connectivity index (χ0n) is 34.8. The molecule has 0 amide bonds. The van der Waals surface area contributed by atoms with Gasteiger partial charge in [0.15, 0.2) is 0 Å². The van der Waals surface area contributed by atoms with E-state index in [4.69, 9.17) is 0 Å². The van der Waals surface area contributed by atoms with Crippen molar-refractivity contribution < 1.29 is 0 Å². The summed E-state index contributed by atoms with van der Waals surface area (Å²) < 4.78 is 0. The van der Waals surface area contributed by atoms with Gasteiger partial charge in [-0.1, -0.05) is 111 Å². The molecule has 2 aliphatic carbocycles. The molecular weight excluding hydrogens is 701 g/mol. The summed E-state index contributed by atoms with van der Waals surface area (Å²) in [5.74, 6) is 1.10. The lowest BCUT2D eigenvalue weighted by Gasteiger charge is -2.33. The summed E-state index contributed by atoms with van der Waals surface area (Å²) >= 11 is 0. The SMILES string of the molecule is Cc1cccc(N(c2ccccc2C)c2ccc3c(C4CCCCC4)cc4c(N(c5cccc(C)c5)c5ccccc5C)ccc5c(C6CCCCC6)cc2c3c54)c1. The Kier molecular flexibility index (Phi) is 9.68. The van der Waals surface area contributed by atoms with Crippen molar-refractivity contribution in [2.24, 2.45) is 0 Å².